The van der Waals surface area contributed by atoms with E-state index in [0.29, 0.717) is 12.5 Å². The molecule has 0 aliphatic carbocycles. The molecule has 3 rings (SSSR count). The quantitative estimate of drug-likeness (QED) is 0.551. The Morgan fingerprint density at radius 3 is 2.37 bits per heavy atom. The van der Waals surface area contributed by atoms with E-state index in [1.165, 1.54) is 33.0 Å². The predicted molar refractivity (Wildman–Crippen MR) is 115 cm³/mol. The smallest absolute Gasteiger partial charge is 0.411 e. The number of carbonyl (C=O) groups excluding carboxylic acids is 2. The lowest BCUT2D eigenvalue weighted by atomic mass is 9.89. The number of likely N-dealkylation sites (tertiary alicyclic amines) is 1. The number of hydrogen-bond donors (Lipinski definition) is 0. The second kappa shape index (κ2) is 10.8. The number of hydrogen-bond acceptors (Lipinski definition) is 7. The Balaban J connectivity index is 1.46. The summed E-state index contributed by atoms with van der Waals surface area (Å²) in [7, 11) is 3.31. The van der Waals surface area contributed by atoms with Gasteiger partial charge in [0.2, 0.25) is 0 Å². The third-order valence-electron chi connectivity index (χ3n) is 7.21. The Labute approximate surface area is 181 Å². The molecular formula is C22H40N4O4. The van der Waals surface area contributed by atoms with Crippen LogP contribution in [0, 0.1) is 5.92 Å². The highest BCUT2D eigenvalue weighted by molar-refractivity contribution is 5.70. The first kappa shape index (κ1) is 23.3. The molecular weight excluding hydrogens is 384 g/mol. The maximum absolute atomic E-state index is 12.3. The fourth-order valence-corrected chi connectivity index (χ4v) is 5.00. The summed E-state index contributed by atoms with van der Waals surface area (Å²) in [4.78, 5) is 32.6. The Bertz CT molecular complexity index is 571. The fourth-order valence-electron chi connectivity index (χ4n) is 5.00. The van der Waals surface area contributed by atoms with Crippen molar-refractivity contribution in [3.05, 3.63) is 0 Å². The molecule has 2 atom stereocenters. The molecule has 0 N–H and O–H groups in total. The van der Waals surface area contributed by atoms with Crippen LogP contribution in [0.5, 0.6) is 0 Å². The van der Waals surface area contributed by atoms with E-state index in [-0.39, 0.29) is 24.3 Å². The highest BCUT2D eigenvalue weighted by Gasteiger charge is 2.43. The summed E-state index contributed by atoms with van der Waals surface area (Å²) in [5.41, 5.74) is 0. The summed E-state index contributed by atoms with van der Waals surface area (Å²) >= 11 is 0. The SMILES string of the molecule is COC(=O)CCN1CCN(C2OC(=O)N(C)C2CCC2CCN(C(C)C)CC2)CC1. The zero-order valence-corrected chi connectivity index (χ0v) is 19.2. The second-order valence-corrected chi connectivity index (χ2v) is 9.31. The van der Waals surface area contributed by atoms with E-state index in [2.05, 4.69) is 28.5 Å². The Morgan fingerprint density at radius 1 is 1.10 bits per heavy atom. The molecule has 0 bridgehead atoms. The number of nitrogens with zero attached hydrogens (tertiary/aromatic N) is 4. The number of carbonyl (C=O) groups is 2. The first-order valence-corrected chi connectivity index (χ1v) is 11.6. The van der Waals surface area contributed by atoms with Gasteiger partial charge in [-0.05, 0) is 58.5 Å². The van der Waals surface area contributed by atoms with Gasteiger partial charge in [-0.25, -0.2) is 4.79 Å². The maximum Gasteiger partial charge on any atom is 0.411 e. The minimum Gasteiger partial charge on any atom is -0.469 e. The highest BCUT2D eigenvalue weighted by atomic mass is 16.6. The molecule has 0 spiro atoms. The number of piperazine rings is 1. The minimum atomic E-state index is -0.201. The molecule has 8 heteroatoms. The first-order chi connectivity index (χ1) is 14.4. The van der Waals surface area contributed by atoms with E-state index >= 15 is 0 Å². The highest BCUT2D eigenvalue weighted by Crippen LogP contribution is 2.30. The largest absolute Gasteiger partial charge is 0.469 e. The van der Waals surface area contributed by atoms with Gasteiger partial charge < -0.3 is 24.2 Å². The van der Waals surface area contributed by atoms with Gasteiger partial charge >= 0.3 is 12.1 Å². The number of piperidine rings is 1. The van der Waals surface area contributed by atoms with Gasteiger partial charge in [0.15, 0.2) is 6.23 Å². The lowest BCUT2D eigenvalue weighted by molar-refractivity contribution is -0.141. The molecule has 8 nitrogen and oxygen atoms in total. The lowest BCUT2D eigenvalue weighted by Crippen LogP contribution is -2.54. The molecule has 30 heavy (non-hydrogen) atoms. The van der Waals surface area contributed by atoms with Crippen LogP contribution in [0.1, 0.15) is 46.0 Å². The predicted octanol–water partition coefficient (Wildman–Crippen LogP) is 1.84. The van der Waals surface area contributed by atoms with Crippen LogP contribution in [0.15, 0.2) is 0 Å². The number of methoxy groups -OCH3 is 1. The van der Waals surface area contributed by atoms with Crippen LogP contribution < -0.4 is 0 Å². The first-order valence-electron chi connectivity index (χ1n) is 11.6. The average Bonchev–Trinajstić information content (AvgIpc) is 3.04. The zero-order chi connectivity index (χ0) is 21.7. The normalized spacial score (nSPS) is 27.6. The molecule has 0 saturated carbocycles. The van der Waals surface area contributed by atoms with E-state index in [4.69, 9.17) is 9.47 Å². The Hall–Kier alpha value is -1.38. The van der Waals surface area contributed by atoms with Crippen molar-refractivity contribution in [3.8, 4) is 0 Å². The topological polar surface area (TPSA) is 65.6 Å². The average molecular weight is 425 g/mol. The van der Waals surface area contributed by atoms with Crippen LogP contribution in [0.4, 0.5) is 4.79 Å². The molecule has 3 saturated heterocycles. The molecule has 0 aromatic heterocycles. The van der Waals surface area contributed by atoms with Crippen molar-refractivity contribution in [3.63, 3.8) is 0 Å². The lowest BCUT2D eigenvalue weighted by Gasteiger charge is -2.39. The molecule has 3 fully saturated rings. The van der Waals surface area contributed by atoms with Crippen molar-refractivity contribution >= 4 is 12.1 Å². The molecule has 3 heterocycles. The van der Waals surface area contributed by atoms with Crippen LogP contribution in [0.3, 0.4) is 0 Å². The van der Waals surface area contributed by atoms with E-state index in [1.807, 2.05) is 7.05 Å². The number of ether oxygens (including phenoxy) is 2. The van der Waals surface area contributed by atoms with Gasteiger partial charge in [-0.2, -0.15) is 0 Å². The van der Waals surface area contributed by atoms with Crippen molar-refractivity contribution in [2.75, 3.05) is 60.0 Å². The summed E-state index contributed by atoms with van der Waals surface area (Å²) in [5.74, 6) is 0.586. The fraction of sp³-hybridized carbons (Fsp3) is 0.909. The van der Waals surface area contributed by atoms with Crippen LogP contribution in [-0.4, -0.2) is 110 Å². The Kier molecular flexibility index (Phi) is 8.36. The van der Waals surface area contributed by atoms with Gasteiger partial charge in [0.25, 0.3) is 0 Å². The number of esters is 1. The maximum atomic E-state index is 12.3. The summed E-state index contributed by atoms with van der Waals surface area (Å²) < 4.78 is 10.5. The van der Waals surface area contributed by atoms with Crippen LogP contribution in [0.25, 0.3) is 0 Å². The van der Waals surface area contributed by atoms with Crippen molar-refractivity contribution in [1.82, 2.24) is 19.6 Å². The third-order valence-corrected chi connectivity index (χ3v) is 7.21. The summed E-state index contributed by atoms with van der Waals surface area (Å²) in [6.07, 6.45) is 4.75. The minimum absolute atomic E-state index is 0.127. The summed E-state index contributed by atoms with van der Waals surface area (Å²) in [6, 6.07) is 0.760. The molecule has 172 valence electrons. The van der Waals surface area contributed by atoms with Crippen molar-refractivity contribution in [2.45, 2.75) is 64.3 Å². The monoisotopic (exact) mass is 424 g/mol. The van der Waals surface area contributed by atoms with Crippen LogP contribution in [-0.2, 0) is 14.3 Å². The molecule has 0 aromatic carbocycles. The zero-order valence-electron chi connectivity index (χ0n) is 19.2. The van der Waals surface area contributed by atoms with Crippen molar-refractivity contribution < 1.29 is 19.1 Å². The van der Waals surface area contributed by atoms with E-state index in [0.717, 1.165) is 51.5 Å². The number of amides is 1. The van der Waals surface area contributed by atoms with E-state index in [1.54, 1.807) is 4.90 Å². The van der Waals surface area contributed by atoms with E-state index in [9.17, 15) is 9.59 Å². The van der Waals surface area contributed by atoms with Gasteiger partial charge in [-0.1, -0.05) is 0 Å². The van der Waals surface area contributed by atoms with Crippen molar-refractivity contribution in [1.29, 1.82) is 0 Å². The molecule has 0 aromatic rings. The molecule has 2 unspecified atom stereocenters. The number of cyclic esters (lactones) is 1. The molecule has 0 radical (unpaired) electrons. The van der Waals surface area contributed by atoms with Gasteiger partial charge in [-0.15, -0.1) is 0 Å². The van der Waals surface area contributed by atoms with Gasteiger partial charge in [0, 0.05) is 45.8 Å². The molecule has 3 aliphatic heterocycles. The second-order valence-electron chi connectivity index (χ2n) is 9.31. The van der Waals surface area contributed by atoms with Gasteiger partial charge in [0.1, 0.15) is 0 Å². The van der Waals surface area contributed by atoms with Crippen LogP contribution >= 0.6 is 0 Å². The number of likely N-dealkylation sites (N-methyl/N-ethyl adjacent to an activating group) is 1. The Morgan fingerprint density at radius 2 is 1.77 bits per heavy atom. The summed E-state index contributed by atoms with van der Waals surface area (Å²) in [6.45, 7) is 11.1. The third kappa shape index (κ3) is 5.86. The van der Waals surface area contributed by atoms with Gasteiger partial charge in [-0.3, -0.25) is 9.69 Å². The standard InChI is InChI=1S/C22H40N4O4/c1-17(2)25-11-7-18(8-12-25)5-6-19-21(30-22(28)23(19)3)26-15-13-24(14-16-26)10-9-20(27)29-4/h17-19,21H,5-16H2,1-4H3. The van der Waals surface area contributed by atoms with Crippen molar-refractivity contribution in [2.24, 2.45) is 5.92 Å². The molecule has 3 aliphatic rings. The summed E-state index contributed by atoms with van der Waals surface area (Å²) in [5, 5.41) is 0. The number of rotatable bonds is 8. The molecule has 1 amide bonds. The van der Waals surface area contributed by atoms with Gasteiger partial charge in [0.05, 0.1) is 19.6 Å². The van der Waals surface area contributed by atoms with E-state index < -0.39 is 0 Å². The van der Waals surface area contributed by atoms with Crippen LogP contribution in [0.2, 0.25) is 0 Å².